The van der Waals surface area contributed by atoms with Crippen molar-refractivity contribution in [3.8, 4) is 11.8 Å². The molecule has 1 rings (SSSR count). The molecule has 0 bridgehead atoms. The number of nitriles is 1. The van der Waals surface area contributed by atoms with Gasteiger partial charge in [0, 0.05) is 12.6 Å². The lowest BCUT2D eigenvalue weighted by molar-refractivity contribution is -0.114. The number of anilines is 2. The molecule has 1 aromatic rings. The smallest absolute Gasteiger partial charge is 0.221 e. The van der Waals surface area contributed by atoms with Crippen molar-refractivity contribution in [2.24, 2.45) is 0 Å². The Balaban J connectivity index is 2.99. The highest BCUT2D eigenvalue weighted by Gasteiger charge is 2.08. The molecule has 0 heterocycles. The first kappa shape index (κ1) is 13.8. The van der Waals surface area contributed by atoms with Crippen LogP contribution in [0.4, 0.5) is 11.4 Å². The fourth-order valence-electron chi connectivity index (χ4n) is 1.47. The summed E-state index contributed by atoms with van der Waals surface area (Å²) in [7, 11) is 0. The van der Waals surface area contributed by atoms with Crippen LogP contribution in [-0.4, -0.2) is 18.6 Å². The predicted molar refractivity (Wildman–Crippen MR) is 70.6 cm³/mol. The van der Waals surface area contributed by atoms with E-state index in [1.165, 1.54) is 6.92 Å². The maximum absolute atomic E-state index is 11.0. The molecule has 0 aliphatic heterocycles. The molecule has 0 aliphatic rings. The molecule has 5 heteroatoms. The average molecular weight is 247 g/mol. The summed E-state index contributed by atoms with van der Waals surface area (Å²) in [5.41, 5.74) is 1.36. The van der Waals surface area contributed by atoms with E-state index in [9.17, 15) is 4.79 Å². The van der Waals surface area contributed by atoms with Crippen molar-refractivity contribution in [3.05, 3.63) is 18.2 Å². The van der Waals surface area contributed by atoms with Crippen molar-refractivity contribution in [2.45, 2.75) is 26.8 Å². The van der Waals surface area contributed by atoms with Crippen LogP contribution in [0.2, 0.25) is 0 Å². The molecule has 0 saturated heterocycles. The molecule has 0 aromatic heterocycles. The molecular formula is C13H17N3O2. The summed E-state index contributed by atoms with van der Waals surface area (Å²) in [5, 5.41) is 14.5. The van der Waals surface area contributed by atoms with Crippen LogP contribution in [0, 0.1) is 11.3 Å². The molecule has 0 radical (unpaired) electrons. The van der Waals surface area contributed by atoms with E-state index in [-0.39, 0.29) is 11.9 Å². The number of nitrogens with one attached hydrogen (secondary N) is 2. The first-order chi connectivity index (χ1) is 8.56. The highest BCUT2D eigenvalue weighted by Crippen LogP contribution is 2.28. The van der Waals surface area contributed by atoms with Crippen molar-refractivity contribution >= 4 is 17.3 Å². The molecule has 0 aliphatic carbocycles. The Morgan fingerprint density at radius 2 is 2.28 bits per heavy atom. The standard InChI is InChI=1S/C13H17N3O2/c1-4-18-13-6-5-11(16-10(3)17)7-12(13)15-9(2)8-14/h5-7,9,15H,4H2,1-3H3,(H,16,17). The minimum atomic E-state index is -0.336. The van der Waals surface area contributed by atoms with Crippen LogP contribution in [0.25, 0.3) is 0 Å². The van der Waals surface area contributed by atoms with Gasteiger partial charge in [-0.1, -0.05) is 0 Å². The second-order valence-electron chi connectivity index (χ2n) is 3.82. The molecule has 0 fully saturated rings. The summed E-state index contributed by atoms with van der Waals surface area (Å²) < 4.78 is 5.46. The number of carbonyl (C=O) groups is 1. The molecule has 0 spiro atoms. The Bertz CT molecular complexity index is 466. The number of amides is 1. The lowest BCUT2D eigenvalue weighted by Crippen LogP contribution is -2.14. The fourth-order valence-corrected chi connectivity index (χ4v) is 1.47. The first-order valence-corrected chi connectivity index (χ1v) is 5.77. The molecule has 18 heavy (non-hydrogen) atoms. The monoisotopic (exact) mass is 247 g/mol. The molecular weight excluding hydrogens is 230 g/mol. The summed E-state index contributed by atoms with van der Waals surface area (Å²) >= 11 is 0. The van der Waals surface area contributed by atoms with Gasteiger partial charge in [0.15, 0.2) is 0 Å². The number of rotatable bonds is 5. The van der Waals surface area contributed by atoms with Crippen LogP contribution < -0.4 is 15.4 Å². The first-order valence-electron chi connectivity index (χ1n) is 5.77. The summed E-state index contributed by atoms with van der Waals surface area (Å²) in [5.74, 6) is 0.521. The van der Waals surface area contributed by atoms with E-state index in [4.69, 9.17) is 10.00 Å². The fraction of sp³-hybridized carbons (Fsp3) is 0.385. The number of carbonyl (C=O) groups excluding carboxylic acids is 1. The Labute approximate surface area is 107 Å². The summed E-state index contributed by atoms with van der Waals surface area (Å²) in [6.07, 6.45) is 0. The molecule has 1 aromatic carbocycles. The number of benzene rings is 1. The zero-order valence-corrected chi connectivity index (χ0v) is 10.8. The lowest BCUT2D eigenvalue weighted by atomic mass is 10.2. The number of hydrogen-bond acceptors (Lipinski definition) is 4. The van der Waals surface area contributed by atoms with E-state index in [0.29, 0.717) is 23.7 Å². The average Bonchev–Trinajstić information content (AvgIpc) is 2.31. The zero-order valence-electron chi connectivity index (χ0n) is 10.8. The molecule has 96 valence electrons. The van der Waals surface area contributed by atoms with Crippen molar-refractivity contribution in [1.29, 1.82) is 5.26 Å². The molecule has 0 saturated carbocycles. The Morgan fingerprint density at radius 3 is 2.83 bits per heavy atom. The van der Waals surface area contributed by atoms with Crippen LogP contribution in [-0.2, 0) is 4.79 Å². The highest BCUT2D eigenvalue weighted by molar-refractivity contribution is 5.89. The van der Waals surface area contributed by atoms with Gasteiger partial charge in [-0.3, -0.25) is 4.79 Å². The normalized spacial score (nSPS) is 11.2. The maximum Gasteiger partial charge on any atom is 0.221 e. The van der Waals surface area contributed by atoms with Gasteiger partial charge in [-0.2, -0.15) is 5.26 Å². The maximum atomic E-state index is 11.0. The van der Waals surface area contributed by atoms with E-state index in [2.05, 4.69) is 16.7 Å². The van der Waals surface area contributed by atoms with Gasteiger partial charge in [0.25, 0.3) is 0 Å². The molecule has 2 N–H and O–H groups in total. The van der Waals surface area contributed by atoms with E-state index in [1.54, 1.807) is 25.1 Å². The van der Waals surface area contributed by atoms with Gasteiger partial charge < -0.3 is 15.4 Å². The highest BCUT2D eigenvalue weighted by atomic mass is 16.5. The van der Waals surface area contributed by atoms with E-state index in [1.807, 2.05) is 6.92 Å². The van der Waals surface area contributed by atoms with Crippen molar-refractivity contribution in [3.63, 3.8) is 0 Å². The van der Waals surface area contributed by atoms with Crippen LogP contribution in [0.5, 0.6) is 5.75 Å². The van der Waals surface area contributed by atoms with E-state index >= 15 is 0 Å². The van der Waals surface area contributed by atoms with Crippen LogP contribution in [0.1, 0.15) is 20.8 Å². The number of hydrogen-bond donors (Lipinski definition) is 2. The minimum absolute atomic E-state index is 0.140. The quantitative estimate of drug-likeness (QED) is 0.837. The lowest BCUT2D eigenvalue weighted by Gasteiger charge is -2.15. The van der Waals surface area contributed by atoms with Crippen LogP contribution >= 0.6 is 0 Å². The van der Waals surface area contributed by atoms with Gasteiger partial charge in [0.1, 0.15) is 11.8 Å². The third-order valence-corrected chi connectivity index (χ3v) is 2.17. The molecule has 1 amide bonds. The van der Waals surface area contributed by atoms with E-state index < -0.39 is 0 Å². The van der Waals surface area contributed by atoms with Gasteiger partial charge >= 0.3 is 0 Å². The SMILES string of the molecule is CCOc1ccc(NC(C)=O)cc1NC(C)C#N. The van der Waals surface area contributed by atoms with Gasteiger partial charge in [-0.25, -0.2) is 0 Å². The molecule has 5 nitrogen and oxygen atoms in total. The van der Waals surface area contributed by atoms with Gasteiger partial charge in [-0.15, -0.1) is 0 Å². The largest absolute Gasteiger partial charge is 0.492 e. The third-order valence-electron chi connectivity index (χ3n) is 2.17. The summed E-state index contributed by atoms with van der Waals surface area (Å²) in [4.78, 5) is 11.0. The second kappa shape index (κ2) is 6.50. The van der Waals surface area contributed by atoms with Crippen molar-refractivity contribution in [1.82, 2.24) is 0 Å². The van der Waals surface area contributed by atoms with Gasteiger partial charge in [0.05, 0.1) is 18.4 Å². The van der Waals surface area contributed by atoms with Crippen LogP contribution in [0.3, 0.4) is 0 Å². The van der Waals surface area contributed by atoms with Crippen LogP contribution in [0.15, 0.2) is 18.2 Å². The molecule has 1 atom stereocenters. The zero-order chi connectivity index (χ0) is 13.5. The minimum Gasteiger partial charge on any atom is -0.492 e. The predicted octanol–water partition coefficient (Wildman–Crippen LogP) is 2.37. The number of ether oxygens (including phenoxy) is 1. The van der Waals surface area contributed by atoms with Crippen molar-refractivity contribution < 1.29 is 9.53 Å². The molecule has 1 unspecified atom stereocenters. The summed E-state index contributed by atoms with van der Waals surface area (Å²) in [6.45, 7) is 5.62. The van der Waals surface area contributed by atoms with Gasteiger partial charge in [-0.05, 0) is 32.0 Å². The number of nitrogens with zero attached hydrogens (tertiary/aromatic N) is 1. The Hall–Kier alpha value is -2.22. The summed E-state index contributed by atoms with van der Waals surface area (Å²) in [6, 6.07) is 7.03. The Morgan fingerprint density at radius 1 is 1.56 bits per heavy atom. The van der Waals surface area contributed by atoms with E-state index in [0.717, 1.165) is 0 Å². The third kappa shape index (κ3) is 3.98. The van der Waals surface area contributed by atoms with Gasteiger partial charge in [0.2, 0.25) is 5.91 Å². The Kier molecular flexibility index (Phi) is 5.00. The topological polar surface area (TPSA) is 74.2 Å². The second-order valence-corrected chi connectivity index (χ2v) is 3.82. The van der Waals surface area contributed by atoms with Crippen molar-refractivity contribution in [2.75, 3.05) is 17.2 Å².